The third-order valence-corrected chi connectivity index (χ3v) is 2.55. The third kappa shape index (κ3) is 6.37. The van der Waals surface area contributed by atoms with Gasteiger partial charge in [-0.2, -0.15) is 0 Å². The van der Waals surface area contributed by atoms with E-state index in [1.807, 2.05) is 0 Å². The lowest BCUT2D eigenvalue weighted by molar-refractivity contribution is -0.133. The zero-order chi connectivity index (χ0) is 15.8. The number of nitrogens with zero attached hydrogens (tertiary/aromatic N) is 1. The summed E-state index contributed by atoms with van der Waals surface area (Å²) in [4.78, 5) is 35.0. The number of benzene rings is 1. The van der Waals surface area contributed by atoms with Gasteiger partial charge in [0.1, 0.15) is 5.82 Å². The van der Waals surface area contributed by atoms with Crippen LogP contribution in [-0.4, -0.2) is 42.9 Å². The smallest absolute Gasteiger partial charge is 0.312 e. The number of hydrogen-bond donors (Lipinski definition) is 3. The molecule has 0 aliphatic carbocycles. The van der Waals surface area contributed by atoms with Gasteiger partial charge in [-0.3, -0.25) is 9.59 Å². The molecular formula is C13H17FN4O3. The zero-order valence-electron chi connectivity index (χ0n) is 11.6. The molecule has 0 fully saturated rings. The predicted octanol–water partition coefficient (Wildman–Crippen LogP) is 0.281. The fourth-order valence-electron chi connectivity index (χ4n) is 1.55. The largest absolute Gasteiger partial charge is 0.352 e. The van der Waals surface area contributed by atoms with E-state index in [1.54, 1.807) is 6.07 Å². The van der Waals surface area contributed by atoms with Crippen molar-refractivity contribution in [3.63, 3.8) is 0 Å². The van der Waals surface area contributed by atoms with Crippen LogP contribution in [0.25, 0.3) is 0 Å². The summed E-state index contributed by atoms with van der Waals surface area (Å²) in [6.45, 7) is -0.0735. The average molecular weight is 296 g/mol. The Morgan fingerprint density at radius 2 is 2.05 bits per heavy atom. The molecule has 4 N–H and O–H groups in total. The van der Waals surface area contributed by atoms with Crippen LogP contribution in [0.2, 0.25) is 0 Å². The minimum Gasteiger partial charge on any atom is -0.352 e. The first-order valence-electron chi connectivity index (χ1n) is 6.21. The Labute approximate surface area is 121 Å². The van der Waals surface area contributed by atoms with E-state index in [9.17, 15) is 18.8 Å². The number of nitrogens with two attached hydrogens (primary N) is 1. The maximum absolute atomic E-state index is 13.0. The Morgan fingerprint density at radius 3 is 2.67 bits per heavy atom. The van der Waals surface area contributed by atoms with Crippen LogP contribution in [0.3, 0.4) is 0 Å². The first-order chi connectivity index (χ1) is 9.88. The number of likely N-dealkylation sites (N-methyl/N-ethyl adjacent to an activating group) is 1. The van der Waals surface area contributed by atoms with Crippen LogP contribution in [0, 0.1) is 5.82 Å². The Bertz CT molecular complexity index is 536. The van der Waals surface area contributed by atoms with E-state index >= 15 is 0 Å². The number of hydrogen-bond acceptors (Lipinski definition) is 3. The van der Waals surface area contributed by atoms with Gasteiger partial charge in [0.2, 0.25) is 11.8 Å². The molecule has 4 amide bonds. The van der Waals surface area contributed by atoms with Crippen LogP contribution in [-0.2, 0) is 9.59 Å². The summed E-state index contributed by atoms with van der Waals surface area (Å²) in [5.41, 5.74) is 5.18. The summed E-state index contributed by atoms with van der Waals surface area (Å²) in [7, 11) is 1.46. The average Bonchev–Trinajstić information content (AvgIpc) is 2.37. The van der Waals surface area contributed by atoms with Crippen molar-refractivity contribution in [1.82, 2.24) is 10.2 Å². The van der Waals surface area contributed by atoms with Gasteiger partial charge in [-0.15, -0.1) is 0 Å². The molecule has 1 aromatic carbocycles. The van der Waals surface area contributed by atoms with E-state index in [2.05, 4.69) is 10.6 Å². The number of rotatable bonds is 6. The summed E-state index contributed by atoms with van der Waals surface area (Å²) >= 11 is 0. The Kier molecular flexibility index (Phi) is 6.12. The molecule has 21 heavy (non-hydrogen) atoms. The quantitative estimate of drug-likeness (QED) is 0.702. The molecule has 0 saturated heterocycles. The maximum Gasteiger partial charge on any atom is 0.312 e. The molecule has 7 nitrogen and oxygen atoms in total. The highest BCUT2D eigenvalue weighted by atomic mass is 19.1. The second-order valence-electron chi connectivity index (χ2n) is 4.35. The van der Waals surface area contributed by atoms with Gasteiger partial charge >= 0.3 is 6.03 Å². The summed E-state index contributed by atoms with van der Waals surface area (Å²) in [5.74, 6) is -1.23. The van der Waals surface area contributed by atoms with E-state index in [0.29, 0.717) is 5.69 Å². The minimum atomic E-state index is -0.714. The van der Waals surface area contributed by atoms with Crippen molar-refractivity contribution in [3.8, 4) is 0 Å². The Morgan fingerprint density at radius 1 is 1.33 bits per heavy atom. The van der Waals surface area contributed by atoms with Gasteiger partial charge in [-0.1, -0.05) is 6.07 Å². The molecule has 0 saturated carbocycles. The molecule has 0 aliphatic rings. The molecule has 0 aromatic heterocycles. The SMILES string of the molecule is CN(CC(=O)Nc1cccc(F)c1)C(=O)CCNC(N)=O. The Balaban J connectivity index is 2.39. The maximum atomic E-state index is 13.0. The van der Waals surface area contributed by atoms with Crippen LogP contribution < -0.4 is 16.4 Å². The highest BCUT2D eigenvalue weighted by Gasteiger charge is 2.13. The number of urea groups is 1. The molecule has 0 spiro atoms. The first-order valence-corrected chi connectivity index (χ1v) is 6.21. The fourth-order valence-corrected chi connectivity index (χ4v) is 1.55. The topological polar surface area (TPSA) is 105 Å². The third-order valence-electron chi connectivity index (χ3n) is 2.55. The van der Waals surface area contributed by atoms with E-state index in [4.69, 9.17) is 5.73 Å². The number of halogens is 1. The van der Waals surface area contributed by atoms with Crippen LogP contribution in [0.15, 0.2) is 24.3 Å². The highest BCUT2D eigenvalue weighted by Crippen LogP contribution is 2.08. The van der Waals surface area contributed by atoms with Crippen molar-refractivity contribution in [1.29, 1.82) is 0 Å². The standard InChI is InChI=1S/C13H17FN4O3/c1-18(12(20)5-6-16-13(15)21)8-11(19)17-10-4-2-3-9(14)7-10/h2-4,7H,5-6,8H2,1H3,(H,17,19)(H3,15,16,21). The van der Waals surface area contributed by atoms with E-state index in [1.165, 1.54) is 30.1 Å². The van der Waals surface area contributed by atoms with E-state index in [-0.39, 0.29) is 25.4 Å². The summed E-state index contributed by atoms with van der Waals surface area (Å²) < 4.78 is 13.0. The molecule has 0 atom stereocenters. The van der Waals surface area contributed by atoms with Crippen LogP contribution in [0.1, 0.15) is 6.42 Å². The van der Waals surface area contributed by atoms with E-state index in [0.717, 1.165) is 0 Å². The van der Waals surface area contributed by atoms with Gasteiger partial charge in [0, 0.05) is 25.7 Å². The summed E-state index contributed by atoms with van der Waals surface area (Å²) in [6, 6.07) is 4.73. The number of carbonyl (C=O) groups is 3. The number of nitrogens with one attached hydrogen (secondary N) is 2. The number of primary amides is 1. The van der Waals surface area contributed by atoms with Crippen LogP contribution >= 0.6 is 0 Å². The first kappa shape index (κ1) is 16.4. The summed E-state index contributed by atoms with van der Waals surface area (Å²) in [6.07, 6.45) is 0.0344. The monoisotopic (exact) mass is 296 g/mol. The molecule has 114 valence electrons. The fraction of sp³-hybridized carbons (Fsp3) is 0.308. The highest BCUT2D eigenvalue weighted by molar-refractivity contribution is 5.94. The van der Waals surface area contributed by atoms with Crippen molar-refractivity contribution in [3.05, 3.63) is 30.1 Å². The van der Waals surface area contributed by atoms with Crippen molar-refractivity contribution in [2.45, 2.75) is 6.42 Å². The minimum absolute atomic E-state index is 0.0344. The van der Waals surface area contributed by atoms with Gasteiger partial charge in [0.25, 0.3) is 0 Å². The molecule has 0 radical (unpaired) electrons. The molecular weight excluding hydrogens is 279 g/mol. The van der Waals surface area contributed by atoms with Crippen LogP contribution in [0.4, 0.5) is 14.9 Å². The number of amides is 4. The molecule has 0 bridgehead atoms. The second-order valence-corrected chi connectivity index (χ2v) is 4.35. The van der Waals surface area contributed by atoms with Crippen molar-refractivity contribution in [2.24, 2.45) is 5.73 Å². The van der Waals surface area contributed by atoms with Gasteiger partial charge in [0.05, 0.1) is 6.54 Å². The van der Waals surface area contributed by atoms with Gasteiger partial charge in [0.15, 0.2) is 0 Å². The molecule has 1 rings (SSSR count). The molecule has 0 heterocycles. The van der Waals surface area contributed by atoms with E-state index < -0.39 is 17.8 Å². The number of anilines is 1. The van der Waals surface area contributed by atoms with Gasteiger partial charge < -0.3 is 21.3 Å². The van der Waals surface area contributed by atoms with Crippen molar-refractivity contribution in [2.75, 3.05) is 25.5 Å². The van der Waals surface area contributed by atoms with Crippen LogP contribution in [0.5, 0.6) is 0 Å². The van der Waals surface area contributed by atoms with Crippen molar-refractivity contribution < 1.29 is 18.8 Å². The molecule has 1 aromatic rings. The predicted molar refractivity (Wildman–Crippen MR) is 74.9 cm³/mol. The lowest BCUT2D eigenvalue weighted by atomic mass is 10.3. The van der Waals surface area contributed by atoms with Gasteiger partial charge in [-0.05, 0) is 18.2 Å². The lowest BCUT2D eigenvalue weighted by Crippen LogP contribution is -2.38. The van der Waals surface area contributed by atoms with Gasteiger partial charge in [-0.25, -0.2) is 9.18 Å². The Hall–Kier alpha value is -2.64. The van der Waals surface area contributed by atoms with Crippen molar-refractivity contribution >= 4 is 23.5 Å². The normalized spacial score (nSPS) is 9.81. The lowest BCUT2D eigenvalue weighted by Gasteiger charge is -2.16. The zero-order valence-corrected chi connectivity index (χ0v) is 11.6. The molecule has 8 heteroatoms. The summed E-state index contributed by atoms with van der Waals surface area (Å²) in [5, 5.41) is 4.76. The second kappa shape index (κ2) is 7.83. The molecule has 0 aliphatic heterocycles. The molecule has 0 unspecified atom stereocenters. The number of carbonyl (C=O) groups excluding carboxylic acids is 3.